The van der Waals surface area contributed by atoms with E-state index in [2.05, 4.69) is 55.3 Å². The van der Waals surface area contributed by atoms with Crippen molar-refractivity contribution in [3.05, 3.63) is 24.3 Å². The summed E-state index contributed by atoms with van der Waals surface area (Å²) in [5.74, 6) is 0. The Morgan fingerprint density at radius 1 is 1.11 bits per heavy atom. The predicted molar refractivity (Wildman–Crippen MR) is 77.4 cm³/mol. The Balaban J connectivity index is 1.92. The molecule has 1 aliphatic rings. The summed E-state index contributed by atoms with van der Waals surface area (Å²) >= 11 is 0. The molecule has 0 radical (unpaired) electrons. The van der Waals surface area contributed by atoms with Crippen molar-refractivity contribution in [3.63, 3.8) is 0 Å². The summed E-state index contributed by atoms with van der Waals surface area (Å²) < 4.78 is 5.37. The molecular weight excluding hydrogens is 224 g/mol. The maximum atomic E-state index is 5.37. The Morgan fingerprint density at radius 3 is 2.28 bits per heavy atom. The fourth-order valence-electron chi connectivity index (χ4n) is 1.98. The molecule has 0 aliphatic carbocycles. The van der Waals surface area contributed by atoms with E-state index in [0.29, 0.717) is 5.41 Å². The van der Waals surface area contributed by atoms with Crippen LogP contribution in [0.25, 0.3) is 0 Å². The number of nitrogens with zero attached hydrogens (tertiary/aromatic N) is 1. The molecule has 0 bridgehead atoms. The van der Waals surface area contributed by atoms with Gasteiger partial charge in [0.05, 0.1) is 13.2 Å². The summed E-state index contributed by atoms with van der Waals surface area (Å²) in [6, 6.07) is 8.71. The summed E-state index contributed by atoms with van der Waals surface area (Å²) in [7, 11) is 0. The van der Waals surface area contributed by atoms with E-state index in [1.165, 1.54) is 11.4 Å². The van der Waals surface area contributed by atoms with Crippen LogP contribution in [0.4, 0.5) is 11.4 Å². The molecular formula is C15H24N2O. The first-order chi connectivity index (χ1) is 8.54. The van der Waals surface area contributed by atoms with E-state index in [4.69, 9.17) is 4.74 Å². The second-order valence-corrected chi connectivity index (χ2v) is 6.06. The Hall–Kier alpha value is -1.22. The zero-order valence-electron chi connectivity index (χ0n) is 11.7. The minimum atomic E-state index is 0.308. The van der Waals surface area contributed by atoms with Gasteiger partial charge in [-0.15, -0.1) is 0 Å². The maximum absolute atomic E-state index is 5.37. The van der Waals surface area contributed by atoms with Crippen LogP contribution in [0.2, 0.25) is 0 Å². The van der Waals surface area contributed by atoms with Gasteiger partial charge in [-0.2, -0.15) is 0 Å². The van der Waals surface area contributed by atoms with Crippen LogP contribution >= 0.6 is 0 Å². The van der Waals surface area contributed by atoms with Gasteiger partial charge in [0.1, 0.15) is 0 Å². The highest BCUT2D eigenvalue weighted by molar-refractivity contribution is 5.55. The van der Waals surface area contributed by atoms with E-state index >= 15 is 0 Å². The molecule has 18 heavy (non-hydrogen) atoms. The van der Waals surface area contributed by atoms with E-state index < -0.39 is 0 Å². The van der Waals surface area contributed by atoms with Crippen LogP contribution in [0.15, 0.2) is 24.3 Å². The first-order valence-corrected chi connectivity index (χ1v) is 6.71. The van der Waals surface area contributed by atoms with Gasteiger partial charge < -0.3 is 15.0 Å². The van der Waals surface area contributed by atoms with E-state index in [-0.39, 0.29) is 0 Å². The normalized spacial score (nSPS) is 16.7. The van der Waals surface area contributed by atoms with Crippen molar-refractivity contribution >= 4 is 11.4 Å². The zero-order valence-corrected chi connectivity index (χ0v) is 11.7. The summed E-state index contributed by atoms with van der Waals surface area (Å²) in [4.78, 5) is 2.37. The first-order valence-electron chi connectivity index (χ1n) is 6.71. The summed E-state index contributed by atoms with van der Waals surface area (Å²) in [6.07, 6.45) is 0. The number of nitrogens with one attached hydrogen (secondary N) is 1. The lowest BCUT2D eigenvalue weighted by atomic mass is 9.97. The highest BCUT2D eigenvalue weighted by Crippen LogP contribution is 2.20. The second-order valence-electron chi connectivity index (χ2n) is 6.06. The van der Waals surface area contributed by atoms with Crippen LogP contribution in [0.1, 0.15) is 20.8 Å². The topological polar surface area (TPSA) is 24.5 Å². The van der Waals surface area contributed by atoms with E-state index in [9.17, 15) is 0 Å². The molecule has 2 rings (SSSR count). The largest absolute Gasteiger partial charge is 0.385 e. The lowest BCUT2D eigenvalue weighted by Gasteiger charge is -2.29. The van der Waals surface area contributed by atoms with E-state index in [0.717, 1.165) is 32.8 Å². The number of rotatable bonds is 3. The molecule has 0 unspecified atom stereocenters. The number of morpholine rings is 1. The fraction of sp³-hybridized carbons (Fsp3) is 0.600. The van der Waals surface area contributed by atoms with Gasteiger partial charge in [0.2, 0.25) is 0 Å². The van der Waals surface area contributed by atoms with Crippen LogP contribution in [0.3, 0.4) is 0 Å². The SMILES string of the molecule is CC(C)(C)CNc1ccc(N2CCOCC2)cc1. The van der Waals surface area contributed by atoms with Crippen LogP contribution in [-0.4, -0.2) is 32.8 Å². The van der Waals surface area contributed by atoms with Crippen molar-refractivity contribution < 1.29 is 4.74 Å². The Kier molecular flexibility index (Phi) is 4.12. The molecule has 1 aliphatic heterocycles. The fourth-order valence-corrected chi connectivity index (χ4v) is 1.98. The van der Waals surface area contributed by atoms with Gasteiger partial charge in [-0.1, -0.05) is 20.8 Å². The first kappa shape index (κ1) is 13.2. The Bertz CT molecular complexity index is 361. The van der Waals surface area contributed by atoms with Crippen molar-refractivity contribution in [2.75, 3.05) is 43.1 Å². The second kappa shape index (κ2) is 5.61. The molecule has 1 N–H and O–H groups in total. The minimum absolute atomic E-state index is 0.308. The van der Waals surface area contributed by atoms with Gasteiger partial charge in [0, 0.05) is 31.0 Å². The van der Waals surface area contributed by atoms with E-state index in [1.54, 1.807) is 0 Å². The molecule has 0 atom stereocenters. The molecule has 1 fully saturated rings. The third-order valence-electron chi connectivity index (χ3n) is 3.07. The van der Waals surface area contributed by atoms with Crippen LogP contribution in [0.5, 0.6) is 0 Å². The molecule has 1 heterocycles. The smallest absolute Gasteiger partial charge is 0.0642 e. The van der Waals surface area contributed by atoms with Crippen molar-refractivity contribution in [2.24, 2.45) is 5.41 Å². The third kappa shape index (κ3) is 3.91. The molecule has 100 valence electrons. The molecule has 1 saturated heterocycles. The van der Waals surface area contributed by atoms with Crippen molar-refractivity contribution in [2.45, 2.75) is 20.8 Å². The Morgan fingerprint density at radius 2 is 1.72 bits per heavy atom. The van der Waals surface area contributed by atoms with Crippen molar-refractivity contribution in [1.29, 1.82) is 0 Å². The average molecular weight is 248 g/mol. The average Bonchev–Trinajstić information content (AvgIpc) is 2.37. The molecule has 0 saturated carbocycles. The number of anilines is 2. The van der Waals surface area contributed by atoms with Gasteiger partial charge in [-0.3, -0.25) is 0 Å². The van der Waals surface area contributed by atoms with E-state index in [1.807, 2.05) is 0 Å². The molecule has 1 aromatic carbocycles. The highest BCUT2D eigenvalue weighted by atomic mass is 16.5. The molecule has 1 aromatic rings. The van der Waals surface area contributed by atoms with Gasteiger partial charge in [0.25, 0.3) is 0 Å². The van der Waals surface area contributed by atoms with Crippen LogP contribution < -0.4 is 10.2 Å². The summed E-state index contributed by atoms with van der Waals surface area (Å²) in [5.41, 5.74) is 2.80. The monoisotopic (exact) mass is 248 g/mol. The van der Waals surface area contributed by atoms with Crippen molar-refractivity contribution in [1.82, 2.24) is 0 Å². The number of ether oxygens (including phenoxy) is 1. The molecule has 3 nitrogen and oxygen atoms in total. The minimum Gasteiger partial charge on any atom is -0.385 e. The number of hydrogen-bond acceptors (Lipinski definition) is 3. The number of hydrogen-bond donors (Lipinski definition) is 1. The highest BCUT2D eigenvalue weighted by Gasteiger charge is 2.12. The molecule has 3 heteroatoms. The van der Waals surface area contributed by atoms with Crippen LogP contribution in [0, 0.1) is 5.41 Å². The molecule has 0 aromatic heterocycles. The lowest BCUT2D eigenvalue weighted by molar-refractivity contribution is 0.122. The number of benzene rings is 1. The lowest BCUT2D eigenvalue weighted by Crippen LogP contribution is -2.36. The van der Waals surface area contributed by atoms with Crippen LogP contribution in [-0.2, 0) is 4.74 Å². The standard InChI is InChI=1S/C15H24N2O/c1-15(2,3)12-16-13-4-6-14(7-5-13)17-8-10-18-11-9-17/h4-7,16H,8-12H2,1-3H3. The molecule has 0 spiro atoms. The predicted octanol–water partition coefficient (Wildman–Crippen LogP) is 2.98. The van der Waals surface area contributed by atoms with Gasteiger partial charge in [-0.05, 0) is 29.7 Å². The zero-order chi connectivity index (χ0) is 13.0. The van der Waals surface area contributed by atoms with Gasteiger partial charge in [0.15, 0.2) is 0 Å². The van der Waals surface area contributed by atoms with Crippen molar-refractivity contribution in [3.8, 4) is 0 Å². The summed E-state index contributed by atoms with van der Waals surface area (Å²) in [6.45, 7) is 11.4. The van der Waals surface area contributed by atoms with Gasteiger partial charge >= 0.3 is 0 Å². The van der Waals surface area contributed by atoms with Gasteiger partial charge in [-0.25, -0.2) is 0 Å². The quantitative estimate of drug-likeness (QED) is 0.890. The third-order valence-corrected chi connectivity index (χ3v) is 3.07. The maximum Gasteiger partial charge on any atom is 0.0642 e. The Labute approximate surface area is 110 Å². The summed E-state index contributed by atoms with van der Waals surface area (Å²) in [5, 5.41) is 3.47. The molecule has 0 amide bonds.